The van der Waals surface area contributed by atoms with Gasteiger partial charge in [-0.15, -0.1) is 0 Å². The number of carbonyl (C=O) groups is 2. The van der Waals surface area contributed by atoms with Crippen molar-refractivity contribution in [2.75, 3.05) is 25.1 Å². The number of rotatable bonds is 6. The first-order chi connectivity index (χ1) is 14.6. The van der Waals surface area contributed by atoms with Gasteiger partial charge in [-0.25, -0.2) is 0 Å². The number of amides is 2. The number of nitrogens with one attached hydrogen (secondary N) is 1. The summed E-state index contributed by atoms with van der Waals surface area (Å²) in [4.78, 5) is 26.4. The minimum absolute atomic E-state index is 0.0665. The van der Waals surface area contributed by atoms with Crippen LogP contribution in [0.5, 0.6) is 11.5 Å². The molecule has 2 amide bonds. The van der Waals surface area contributed by atoms with Crippen molar-refractivity contribution in [1.29, 1.82) is 0 Å². The Labute approximate surface area is 177 Å². The van der Waals surface area contributed by atoms with E-state index in [0.717, 1.165) is 12.1 Å². The molecule has 9 heteroatoms. The number of hydrogen-bond donors (Lipinski definition) is 1. The zero-order valence-electron chi connectivity index (χ0n) is 17.4. The molecule has 0 aromatic heterocycles. The Morgan fingerprint density at radius 2 is 1.94 bits per heavy atom. The van der Waals surface area contributed by atoms with Gasteiger partial charge in [-0.05, 0) is 31.2 Å². The summed E-state index contributed by atoms with van der Waals surface area (Å²) >= 11 is 0. The SMILES string of the molecule is CCC(=O)NCCN1C(=O)C(C)(c2ccccc2OC)Oc2cc(C(F)(F)F)ccc21. The third-order valence-electron chi connectivity index (χ3n) is 5.14. The smallest absolute Gasteiger partial charge is 0.416 e. The molecule has 1 aliphatic heterocycles. The molecule has 1 heterocycles. The minimum atomic E-state index is -4.57. The van der Waals surface area contributed by atoms with E-state index in [4.69, 9.17) is 9.47 Å². The third-order valence-corrected chi connectivity index (χ3v) is 5.14. The molecular formula is C22H23F3N2O4. The maximum Gasteiger partial charge on any atom is 0.416 e. The third kappa shape index (κ3) is 4.30. The number of fused-ring (bicyclic) bond motifs is 1. The average Bonchev–Trinajstić information content (AvgIpc) is 2.75. The van der Waals surface area contributed by atoms with E-state index in [-0.39, 0.29) is 36.9 Å². The number of para-hydroxylation sites is 1. The van der Waals surface area contributed by atoms with Crippen LogP contribution in [0, 0.1) is 0 Å². The number of ether oxygens (including phenoxy) is 2. The highest BCUT2D eigenvalue weighted by atomic mass is 19.4. The van der Waals surface area contributed by atoms with Crippen molar-refractivity contribution in [2.45, 2.75) is 32.0 Å². The molecule has 1 unspecified atom stereocenters. The summed E-state index contributed by atoms with van der Waals surface area (Å²) in [6.07, 6.45) is -4.29. The lowest BCUT2D eigenvalue weighted by atomic mass is 9.90. The average molecular weight is 436 g/mol. The normalized spacial score (nSPS) is 18.3. The zero-order valence-corrected chi connectivity index (χ0v) is 17.4. The number of hydrogen-bond acceptors (Lipinski definition) is 4. The molecule has 0 bridgehead atoms. The Kier molecular flexibility index (Phi) is 6.15. The summed E-state index contributed by atoms with van der Waals surface area (Å²) in [7, 11) is 1.43. The Morgan fingerprint density at radius 3 is 2.58 bits per heavy atom. The van der Waals surface area contributed by atoms with Gasteiger partial charge in [0.15, 0.2) is 0 Å². The maximum absolute atomic E-state index is 13.5. The number of anilines is 1. The first-order valence-corrected chi connectivity index (χ1v) is 9.74. The molecule has 1 atom stereocenters. The van der Waals surface area contributed by atoms with Crippen LogP contribution >= 0.6 is 0 Å². The van der Waals surface area contributed by atoms with E-state index < -0.39 is 23.2 Å². The highest BCUT2D eigenvalue weighted by Crippen LogP contribution is 2.46. The van der Waals surface area contributed by atoms with Gasteiger partial charge in [0.2, 0.25) is 11.5 Å². The van der Waals surface area contributed by atoms with Gasteiger partial charge >= 0.3 is 6.18 Å². The predicted octanol–water partition coefficient (Wildman–Crippen LogP) is 3.88. The van der Waals surface area contributed by atoms with E-state index in [1.807, 2.05) is 0 Å². The van der Waals surface area contributed by atoms with Crippen LogP contribution in [0.25, 0.3) is 0 Å². The van der Waals surface area contributed by atoms with Crippen LogP contribution in [0.2, 0.25) is 0 Å². The molecule has 0 spiro atoms. The molecule has 0 saturated carbocycles. The molecule has 0 saturated heterocycles. The summed E-state index contributed by atoms with van der Waals surface area (Å²) in [5, 5.41) is 2.68. The predicted molar refractivity (Wildman–Crippen MR) is 108 cm³/mol. The minimum Gasteiger partial charge on any atom is -0.496 e. The fourth-order valence-electron chi connectivity index (χ4n) is 3.49. The molecule has 0 fully saturated rings. The second-order valence-electron chi connectivity index (χ2n) is 7.18. The first-order valence-electron chi connectivity index (χ1n) is 9.74. The molecule has 0 aliphatic carbocycles. The van der Waals surface area contributed by atoms with Crippen molar-refractivity contribution in [3.8, 4) is 11.5 Å². The Balaban J connectivity index is 2.08. The van der Waals surface area contributed by atoms with Crippen molar-refractivity contribution in [3.63, 3.8) is 0 Å². The topological polar surface area (TPSA) is 67.9 Å². The molecular weight excluding hydrogens is 413 g/mol. The van der Waals surface area contributed by atoms with Crippen molar-refractivity contribution in [2.24, 2.45) is 0 Å². The second kappa shape index (κ2) is 8.49. The summed E-state index contributed by atoms with van der Waals surface area (Å²) in [6.45, 7) is 3.40. The summed E-state index contributed by atoms with van der Waals surface area (Å²) in [6, 6.07) is 9.67. The van der Waals surface area contributed by atoms with Crippen molar-refractivity contribution >= 4 is 17.5 Å². The number of benzene rings is 2. The van der Waals surface area contributed by atoms with Crippen LogP contribution < -0.4 is 19.7 Å². The lowest BCUT2D eigenvalue weighted by Gasteiger charge is -2.41. The maximum atomic E-state index is 13.5. The standard InChI is InChI=1S/C22H23F3N2O4/c1-4-19(28)26-11-12-27-16-10-9-14(22(23,24)25)13-18(16)31-21(2,20(27)29)15-7-5-6-8-17(15)30-3/h5-10,13H,4,11-12H2,1-3H3,(H,26,28). The van der Waals surface area contributed by atoms with Crippen LogP contribution in [0.15, 0.2) is 42.5 Å². The van der Waals surface area contributed by atoms with Crippen molar-refractivity contribution in [3.05, 3.63) is 53.6 Å². The lowest BCUT2D eigenvalue weighted by Crippen LogP contribution is -2.54. The van der Waals surface area contributed by atoms with Gasteiger partial charge in [0.05, 0.1) is 18.4 Å². The zero-order chi connectivity index (χ0) is 22.8. The largest absolute Gasteiger partial charge is 0.496 e. The molecule has 3 rings (SSSR count). The lowest BCUT2D eigenvalue weighted by molar-refractivity contribution is -0.138. The van der Waals surface area contributed by atoms with Gasteiger partial charge in [-0.1, -0.05) is 25.1 Å². The van der Waals surface area contributed by atoms with Gasteiger partial charge in [-0.2, -0.15) is 13.2 Å². The fraction of sp³-hybridized carbons (Fsp3) is 0.364. The molecule has 166 valence electrons. The summed E-state index contributed by atoms with van der Waals surface area (Å²) in [5.74, 6) is -0.381. The number of alkyl halides is 3. The number of carbonyl (C=O) groups excluding carboxylic acids is 2. The highest BCUT2D eigenvalue weighted by Gasteiger charge is 2.48. The number of nitrogens with zero attached hydrogens (tertiary/aromatic N) is 1. The first kappa shape index (κ1) is 22.5. The van der Waals surface area contributed by atoms with E-state index in [0.29, 0.717) is 11.3 Å². The quantitative estimate of drug-likeness (QED) is 0.746. The van der Waals surface area contributed by atoms with Crippen molar-refractivity contribution in [1.82, 2.24) is 5.32 Å². The Bertz CT molecular complexity index is 993. The van der Waals surface area contributed by atoms with Crippen LogP contribution in [0.1, 0.15) is 31.4 Å². The van der Waals surface area contributed by atoms with Gasteiger partial charge in [0, 0.05) is 25.1 Å². The van der Waals surface area contributed by atoms with Crippen LogP contribution in [0.4, 0.5) is 18.9 Å². The van der Waals surface area contributed by atoms with Crippen molar-refractivity contribution < 1.29 is 32.2 Å². The molecule has 2 aromatic rings. The molecule has 2 aromatic carbocycles. The van der Waals surface area contributed by atoms with E-state index in [1.54, 1.807) is 31.2 Å². The van der Waals surface area contributed by atoms with E-state index in [1.165, 1.54) is 25.0 Å². The second-order valence-corrected chi connectivity index (χ2v) is 7.18. The fourth-order valence-corrected chi connectivity index (χ4v) is 3.49. The van der Waals surface area contributed by atoms with E-state index >= 15 is 0 Å². The molecule has 1 N–H and O–H groups in total. The van der Waals surface area contributed by atoms with Gasteiger partial charge in [0.25, 0.3) is 5.91 Å². The highest BCUT2D eigenvalue weighted by molar-refractivity contribution is 6.03. The van der Waals surface area contributed by atoms with Gasteiger partial charge in [0.1, 0.15) is 11.5 Å². The molecule has 1 aliphatic rings. The van der Waals surface area contributed by atoms with E-state index in [9.17, 15) is 22.8 Å². The van der Waals surface area contributed by atoms with Gasteiger partial charge in [-0.3, -0.25) is 9.59 Å². The number of halogens is 3. The van der Waals surface area contributed by atoms with E-state index in [2.05, 4.69) is 5.32 Å². The molecule has 6 nitrogen and oxygen atoms in total. The van der Waals surface area contributed by atoms with Crippen LogP contribution in [0.3, 0.4) is 0 Å². The monoisotopic (exact) mass is 436 g/mol. The van der Waals surface area contributed by atoms with Crippen LogP contribution in [-0.2, 0) is 21.4 Å². The Hall–Kier alpha value is -3.23. The van der Waals surface area contributed by atoms with Gasteiger partial charge < -0.3 is 19.7 Å². The summed E-state index contributed by atoms with van der Waals surface area (Å²) in [5.41, 5.74) is -1.93. The number of methoxy groups -OCH3 is 1. The molecule has 31 heavy (non-hydrogen) atoms. The van der Waals surface area contributed by atoms with Crippen LogP contribution in [-0.4, -0.2) is 32.0 Å². The molecule has 0 radical (unpaired) electrons. The summed E-state index contributed by atoms with van der Waals surface area (Å²) < 4.78 is 51.1. The Morgan fingerprint density at radius 1 is 1.23 bits per heavy atom.